The molecule has 13 heteroatoms. The van der Waals surface area contributed by atoms with Crippen LogP contribution in [0.3, 0.4) is 0 Å². The molecule has 0 saturated carbocycles. The molecular weight excluding hydrogens is 411 g/mol. The summed E-state index contributed by atoms with van der Waals surface area (Å²) >= 11 is 2.83. The largest absolute Gasteiger partial charge is 0.446 e. The van der Waals surface area contributed by atoms with Gasteiger partial charge in [0.25, 0.3) is 0 Å². The number of benzene rings is 1. The second-order valence-corrected chi connectivity index (χ2v) is 7.11. The minimum absolute atomic E-state index is 0.444. The number of thioether (sulfide) groups is 3. The molecule has 1 aromatic carbocycles. The molecular formula is C9H2ClF9S3. The van der Waals surface area contributed by atoms with Gasteiger partial charge >= 0.3 is 16.5 Å². The third-order valence-electron chi connectivity index (χ3n) is 1.66. The first kappa shape index (κ1) is 20.0. The topological polar surface area (TPSA) is 0 Å². The Bertz CT molecular complexity index is 498. The second-order valence-electron chi connectivity index (χ2n) is 3.38. The minimum Gasteiger partial charge on any atom is -0.160 e. The smallest absolute Gasteiger partial charge is 0.160 e. The van der Waals surface area contributed by atoms with Crippen LogP contribution in [-0.4, -0.2) is 16.5 Å². The lowest BCUT2D eigenvalue weighted by Crippen LogP contribution is -2.04. The summed E-state index contributed by atoms with van der Waals surface area (Å²) in [5.74, 6) is 0. The van der Waals surface area contributed by atoms with Crippen molar-refractivity contribution in [2.75, 3.05) is 0 Å². The Balaban J connectivity index is 3.30. The molecule has 1 aromatic rings. The number of alkyl halides is 9. The van der Waals surface area contributed by atoms with E-state index in [1.54, 1.807) is 0 Å². The second kappa shape index (κ2) is 6.81. The summed E-state index contributed by atoms with van der Waals surface area (Å²) in [7, 11) is 0. The van der Waals surface area contributed by atoms with Crippen molar-refractivity contribution in [2.45, 2.75) is 31.2 Å². The first-order valence-electron chi connectivity index (χ1n) is 4.77. The van der Waals surface area contributed by atoms with Crippen molar-refractivity contribution < 1.29 is 39.5 Å². The molecule has 0 aliphatic rings. The molecule has 0 N–H and O–H groups in total. The summed E-state index contributed by atoms with van der Waals surface area (Å²) in [6.45, 7) is 0. The number of halogens is 10. The highest BCUT2D eigenvalue weighted by molar-refractivity contribution is 8.01. The third kappa shape index (κ3) is 7.47. The predicted octanol–water partition coefficient (Wildman–Crippen LogP) is 7.18. The molecule has 0 amide bonds. The summed E-state index contributed by atoms with van der Waals surface area (Å²) in [5.41, 5.74) is -14.7. The summed E-state index contributed by atoms with van der Waals surface area (Å²) < 4.78 is 111. The van der Waals surface area contributed by atoms with E-state index in [1.807, 2.05) is 0 Å². The van der Waals surface area contributed by atoms with Crippen molar-refractivity contribution in [3.05, 3.63) is 17.2 Å². The normalized spacial score (nSPS) is 13.5. The first-order chi connectivity index (χ1) is 9.66. The monoisotopic (exact) mass is 412 g/mol. The standard InChI is InChI=1S/C9H2ClF9S3/c10-6-4(21-8(14,15)16)1-3(20-7(11,12)13)2-5(6)22-9(17,18)19/h1-2H. The van der Waals surface area contributed by atoms with Crippen LogP contribution in [0.1, 0.15) is 0 Å². The van der Waals surface area contributed by atoms with Crippen LogP contribution >= 0.6 is 46.9 Å². The van der Waals surface area contributed by atoms with E-state index >= 15 is 0 Å². The molecule has 22 heavy (non-hydrogen) atoms. The molecule has 0 nitrogen and oxygen atoms in total. The molecule has 0 bridgehead atoms. The zero-order valence-electron chi connectivity index (χ0n) is 9.66. The zero-order chi connectivity index (χ0) is 17.3. The van der Waals surface area contributed by atoms with Crippen LogP contribution in [0.2, 0.25) is 5.02 Å². The lowest BCUT2D eigenvalue weighted by atomic mass is 10.3. The van der Waals surface area contributed by atoms with Crippen LogP contribution in [0, 0.1) is 0 Å². The molecule has 0 unspecified atom stereocenters. The fourth-order valence-electron chi connectivity index (χ4n) is 1.14. The van der Waals surface area contributed by atoms with Gasteiger partial charge in [0.15, 0.2) is 0 Å². The Hall–Kier alpha value is -0.0700. The summed E-state index contributed by atoms with van der Waals surface area (Å²) in [6.07, 6.45) is 0. The third-order valence-corrected chi connectivity index (χ3v) is 4.55. The molecule has 0 aliphatic heterocycles. The molecule has 126 valence electrons. The van der Waals surface area contributed by atoms with Crippen molar-refractivity contribution >= 4 is 46.9 Å². The van der Waals surface area contributed by atoms with Gasteiger partial charge in [0.2, 0.25) is 0 Å². The van der Waals surface area contributed by atoms with Crippen molar-refractivity contribution in [3.63, 3.8) is 0 Å². The average molecular weight is 413 g/mol. The fourth-order valence-corrected chi connectivity index (χ4v) is 3.58. The van der Waals surface area contributed by atoms with Crippen LogP contribution < -0.4 is 0 Å². The zero-order valence-corrected chi connectivity index (χ0v) is 12.9. The maximum atomic E-state index is 12.3. The van der Waals surface area contributed by atoms with Crippen molar-refractivity contribution in [1.82, 2.24) is 0 Å². The molecule has 0 fully saturated rings. The predicted molar refractivity (Wildman–Crippen MR) is 67.2 cm³/mol. The van der Waals surface area contributed by atoms with E-state index in [1.165, 1.54) is 0 Å². The highest BCUT2D eigenvalue weighted by Crippen LogP contribution is 2.50. The summed E-state index contributed by atoms with van der Waals surface area (Å²) in [4.78, 5) is -2.69. The molecule has 1 rings (SSSR count). The molecule has 0 aliphatic carbocycles. The molecule has 0 spiro atoms. The lowest BCUT2D eigenvalue weighted by molar-refractivity contribution is -0.0334. The van der Waals surface area contributed by atoms with Crippen LogP contribution in [0.25, 0.3) is 0 Å². The van der Waals surface area contributed by atoms with E-state index < -0.39 is 71.5 Å². The Morgan fingerprint density at radius 3 is 1.23 bits per heavy atom. The van der Waals surface area contributed by atoms with Crippen LogP contribution in [0.5, 0.6) is 0 Å². The number of hydrogen-bond donors (Lipinski definition) is 0. The average Bonchev–Trinajstić information content (AvgIpc) is 2.18. The van der Waals surface area contributed by atoms with Gasteiger partial charge in [-0.1, -0.05) is 11.6 Å². The maximum absolute atomic E-state index is 12.3. The Morgan fingerprint density at radius 2 is 0.955 bits per heavy atom. The van der Waals surface area contributed by atoms with E-state index in [2.05, 4.69) is 0 Å². The van der Waals surface area contributed by atoms with Crippen LogP contribution in [0.4, 0.5) is 39.5 Å². The quantitative estimate of drug-likeness (QED) is 0.381. The van der Waals surface area contributed by atoms with Gasteiger partial charge in [0.1, 0.15) is 0 Å². The van der Waals surface area contributed by atoms with Crippen molar-refractivity contribution in [3.8, 4) is 0 Å². The Morgan fingerprint density at radius 1 is 0.636 bits per heavy atom. The van der Waals surface area contributed by atoms with Crippen LogP contribution in [0.15, 0.2) is 26.8 Å². The van der Waals surface area contributed by atoms with E-state index in [9.17, 15) is 39.5 Å². The van der Waals surface area contributed by atoms with E-state index in [0.717, 1.165) is 0 Å². The van der Waals surface area contributed by atoms with Crippen molar-refractivity contribution in [1.29, 1.82) is 0 Å². The molecule has 0 aromatic heterocycles. The summed E-state index contributed by atoms with van der Waals surface area (Å²) in [5, 5.41) is -0.906. The SMILES string of the molecule is FC(F)(F)Sc1cc(SC(F)(F)F)c(Cl)c(SC(F)(F)F)c1. The molecule has 0 saturated heterocycles. The van der Waals surface area contributed by atoms with Crippen molar-refractivity contribution in [2.24, 2.45) is 0 Å². The van der Waals surface area contributed by atoms with Crippen LogP contribution in [-0.2, 0) is 0 Å². The Labute approximate surface area is 135 Å². The fraction of sp³-hybridized carbons (Fsp3) is 0.333. The van der Waals surface area contributed by atoms with Gasteiger partial charge in [-0.15, -0.1) is 0 Å². The van der Waals surface area contributed by atoms with Gasteiger partial charge in [-0.25, -0.2) is 0 Å². The van der Waals surface area contributed by atoms with Gasteiger partial charge in [-0.2, -0.15) is 39.5 Å². The van der Waals surface area contributed by atoms with Gasteiger partial charge < -0.3 is 0 Å². The molecule has 0 heterocycles. The Kier molecular flexibility index (Phi) is 6.19. The summed E-state index contributed by atoms with van der Waals surface area (Å²) in [6, 6.07) is 0.887. The highest BCUT2D eigenvalue weighted by Gasteiger charge is 2.36. The van der Waals surface area contributed by atoms with Gasteiger partial charge in [0, 0.05) is 14.7 Å². The van der Waals surface area contributed by atoms with E-state index in [4.69, 9.17) is 11.6 Å². The minimum atomic E-state index is -4.91. The first-order valence-corrected chi connectivity index (χ1v) is 7.60. The van der Waals surface area contributed by atoms with Gasteiger partial charge in [0.05, 0.1) is 5.02 Å². The lowest BCUT2D eigenvalue weighted by Gasteiger charge is -2.15. The van der Waals surface area contributed by atoms with Gasteiger partial charge in [-0.3, -0.25) is 0 Å². The molecule has 0 atom stereocenters. The number of rotatable bonds is 3. The maximum Gasteiger partial charge on any atom is 0.446 e. The van der Waals surface area contributed by atoms with E-state index in [0.29, 0.717) is 12.1 Å². The van der Waals surface area contributed by atoms with E-state index in [-0.39, 0.29) is 0 Å². The van der Waals surface area contributed by atoms with Gasteiger partial charge in [-0.05, 0) is 47.4 Å². The molecule has 0 radical (unpaired) electrons. The highest BCUT2D eigenvalue weighted by atomic mass is 35.5. The number of hydrogen-bond acceptors (Lipinski definition) is 3.